The standard InChI is InChI=1S/C22H18FN5O2S/c1-12-16(13(2)25-21(30)17(12)11-24)7-8-18(29)26-20-19(14-3-5-15(23)6-4-14)27-22-28(20)9-10-31-22/h3-6,9-10H,7-8H2,1-2H3,(H,25,30)(H,26,29). The minimum absolute atomic E-state index is 0.0652. The molecule has 0 bridgehead atoms. The molecular formula is C22H18FN5O2S. The van der Waals surface area contributed by atoms with Gasteiger partial charge in [0.1, 0.15) is 29.0 Å². The molecule has 0 atom stereocenters. The number of rotatable bonds is 5. The molecule has 156 valence electrons. The summed E-state index contributed by atoms with van der Waals surface area (Å²) >= 11 is 1.43. The van der Waals surface area contributed by atoms with Crippen LogP contribution in [0.25, 0.3) is 16.2 Å². The zero-order valence-corrected chi connectivity index (χ0v) is 17.6. The number of pyridine rings is 1. The number of aryl methyl sites for hydroxylation is 1. The van der Waals surface area contributed by atoms with Crippen molar-refractivity contribution in [2.24, 2.45) is 0 Å². The molecule has 0 aliphatic heterocycles. The number of halogens is 1. The molecule has 7 nitrogen and oxygen atoms in total. The summed E-state index contributed by atoms with van der Waals surface area (Å²) in [5.74, 6) is -0.0703. The summed E-state index contributed by atoms with van der Waals surface area (Å²) in [5.41, 5.74) is 2.91. The van der Waals surface area contributed by atoms with Gasteiger partial charge in [0.05, 0.1) is 0 Å². The van der Waals surface area contributed by atoms with Gasteiger partial charge in [-0.1, -0.05) is 0 Å². The van der Waals surface area contributed by atoms with Gasteiger partial charge in [-0.05, 0) is 55.7 Å². The van der Waals surface area contributed by atoms with E-state index in [9.17, 15) is 19.2 Å². The molecule has 4 aromatic rings. The highest BCUT2D eigenvalue weighted by molar-refractivity contribution is 7.15. The minimum Gasteiger partial charge on any atom is -0.325 e. The maximum Gasteiger partial charge on any atom is 0.266 e. The van der Waals surface area contributed by atoms with Crippen molar-refractivity contribution in [3.63, 3.8) is 0 Å². The smallest absolute Gasteiger partial charge is 0.266 e. The third kappa shape index (κ3) is 3.85. The van der Waals surface area contributed by atoms with Crippen LogP contribution in [0, 0.1) is 31.0 Å². The van der Waals surface area contributed by atoms with E-state index < -0.39 is 5.56 Å². The number of fused-ring (bicyclic) bond motifs is 1. The lowest BCUT2D eigenvalue weighted by Gasteiger charge is -2.11. The first-order valence-electron chi connectivity index (χ1n) is 9.53. The lowest BCUT2D eigenvalue weighted by atomic mass is 9.99. The van der Waals surface area contributed by atoms with Crippen LogP contribution < -0.4 is 10.9 Å². The molecule has 0 unspecified atom stereocenters. The van der Waals surface area contributed by atoms with Gasteiger partial charge in [-0.25, -0.2) is 9.37 Å². The molecule has 0 saturated heterocycles. The number of anilines is 1. The van der Waals surface area contributed by atoms with E-state index in [1.165, 1.54) is 23.5 Å². The van der Waals surface area contributed by atoms with Gasteiger partial charge in [0.25, 0.3) is 5.56 Å². The van der Waals surface area contributed by atoms with Crippen molar-refractivity contribution in [1.29, 1.82) is 5.26 Å². The van der Waals surface area contributed by atoms with Crippen LogP contribution in [0.1, 0.15) is 28.8 Å². The van der Waals surface area contributed by atoms with Gasteiger partial charge in [-0.3, -0.25) is 14.0 Å². The van der Waals surface area contributed by atoms with E-state index in [-0.39, 0.29) is 23.7 Å². The zero-order valence-electron chi connectivity index (χ0n) is 16.8. The topological polar surface area (TPSA) is 103 Å². The number of hydrogen-bond acceptors (Lipinski definition) is 5. The van der Waals surface area contributed by atoms with Crippen molar-refractivity contribution in [2.45, 2.75) is 26.7 Å². The maximum atomic E-state index is 13.3. The summed E-state index contributed by atoms with van der Waals surface area (Å²) in [6.45, 7) is 3.47. The van der Waals surface area contributed by atoms with Gasteiger partial charge in [0, 0.05) is 29.3 Å². The molecule has 0 spiro atoms. The fourth-order valence-electron chi connectivity index (χ4n) is 3.57. The summed E-state index contributed by atoms with van der Waals surface area (Å²) in [5, 5.41) is 14.0. The largest absolute Gasteiger partial charge is 0.325 e. The Bertz CT molecular complexity index is 1390. The number of H-pyrrole nitrogens is 1. The third-order valence-corrected chi connectivity index (χ3v) is 5.92. The maximum absolute atomic E-state index is 13.3. The highest BCUT2D eigenvalue weighted by Gasteiger charge is 2.18. The summed E-state index contributed by atoms with van der Waals surface area (Å²) in [6, 6.07) is 7.86. The molecular weight excluding hydrogens is 417 g/mol. The SMILES string of the molecule is Cc1[nH]c(=O)c(C#N)c(C)c1CCC(=O)Nc1c(-c2ccc(F)cc2)nc2sccn12. The second-order valence-corrected chi connectivity index (χ2v) is 7.96. The molecule has 3 aromatic heterocycles. The van der Waals surface area contributed by atoms with Crippen LogP contribution in [0.2, 0.25) is 0 Å². The number of imidazole rings is 1. The highest BCUT2D eigenvalue weighted by Crippen LogP contribution is 2.31. The highest BCUT2D eigenvalue weighted by atomic mass is 32.1. The fourth-order valence-corrected chi connectivity index (χ4v) is 4.28. The Labute approximate surface area is 180 Å². The van der Waals surface area contributed by atoms with E-state index in [4.69, 9.17) is 0 Å². The molecule has 3 heterocycles. The van der Waals surface area contributed by atoms with Gasteiger partial charge in [0.15, 0.2) is 4.96 Å². The van der Waals surface area contributed by atoms with Crippen LogP contribution >= 0.6 is 11.3 Å². The summed E-state index contributed by atoms with van der Waals surface area (Å²) in [7, 11) is 0. The Kier molecular flexibility index (Phi) is 5.40. The molecule has 9 heteroatoms. The van der Waals surface area contributed by atoms with Crippen LogP contribution in [0.3, 0.4) is 0 Å². The van der Waals surface area contributed by atoms with Crippen LogP contribution in [0.5, 0.6) is 0 Å². The first kappa shape index (κ1) is 20.5. The van der Waals surface area contributed by atoms with Gasteiger partial charge >= 0.3 is 0 Å². The molecule has 0 fully saturated rings. The van der Waals surface area contributed by atoms with Crippen molar-refractivity contribution in [2.75, 3.05) is 5.32 Å². The zero-order chi connectivity index (χ0) is 22.1. The number of hydrogen-bond donors (Lipinski definition) is 2. The molecule has 0 aliphatic rings. The Morgan fingerprint density at radius 3 is 2.77 bits per heavy atom. The molecule has 0 saturated carbocycles. The Balaban J connectivity index is 1.60. The van der Waals surface area contributed by atoms with Crippen molar-refractivity contribution in [3.8, 4) is 17.3 Å². The lowest BCUT2D eigenvalue weighted by molar-refractivity contribution is -0.116. The minimum atomic E-state index is -0.422. The van der Waals surface area contributed by atoms with Crippen molar-refractivity contribution >= 4 is 28.0 Å². The van der Waals surface area contributed by atoms with Crippen LogP contribution in [0.4, 0.5) is 10.2 Å². The number of nitrogens with zero attached hydrogens (tertiary/aromatic N) is 3. The predicted octanol–water partition coefficient (Wildman–Crippen LogP) is 3.95. The molecule has 1 amide bonds. The van der Waals surface area contributed by atoms with E-state index in [2.05, 4.69) is 15.3 Å². The molecule has 0 radical (unpaired) electrons. The number of thiazole rings is 1. The van der Waals surface area contributed by atoms with E-state index in [1.807, 2.05) is 17.6 Å². The van der Waals surface area contributed by atoms with E-state index in [1.54, 1.807) is 30.4 Å². The number of carbonyl (C=O) groups excluding carboxylic acids is 1. The van der Waals surface area contributed by atoms with Crippen molar-refractivity contribution in [1.82, 2.24) is 14.4 Å². The molecule has 0 aliphatic carbocycles. The van der Waals surface area contributed by atoms with Crippen molar-refractivity contribution in [3.05, 3.63) is 74.4 Å². The van der Waals surface area contributed by atoms with E-state index in [0.717, 1.165) is 5.56 Å². The Morgan fingerprint density at radius 1 is 1.32 bits per heavy atom. The number of aromatic amines is 1. The fraction of sp³-hybridized carbons (Fsp3) is 0.182. The van der Waals surface area contributed by atoms with Crippen LogP contribution in [-0.4, -0.2) is 20.3 Å². The molecule has 4 rings (SSSR count). The van der Waals surface area contributed by atoms with Crippen LogP contribution in [0.15, 0.2) is 40.6 Å². The number of aromatic nitrogens is 3. The monoisotopic (exact) mass is 435 g/mol. The lowest BCUT2D eigenvalue weighted by Crippen LogP contribution is -2.19. The quantitative estimate of drug-likeness (QED) is 0.495. The summed E-state index contributed by atoms with van der Waals surface area (Å²) in [4.78, 5) is 32.6. The Hall–Kier alpha value is -3.77. The Morgan fingerprint density at radius 2 is 2.06 bits per heavy atom. The normalized spacial score (nSPS) is 10.9. The number of carbonyl (C=O) groups is 1. The van der Waals surface area contributed by atoms with Gasteiger partial charge in [-0.2, -0.15) is 5.26 Å². The number of nitriles is 1. The number of amides is 1. The number of benzene rings is 1. The van der Waals surface area contributed by atoms with E-state index in [0.29, 0.717) is 39.7 Å². The summed E-state index contributed by atoms with van der Waals surface area (Å²) < 4.78 is 15.1. The van der Waals surface area contributed by atoms with E-state index >= 15 is 0 Å². The first-order chi connectivity index (χ1) is 14.9. The molecule has 31 heavy (non-hydrogen) atoms. The average Bonchev–Trinajstić information content (AvgIpc) is 3.31. The van der Waals surface area contributed by atoms with Gasteiger partial charge in [-0.15, -0.1) is 11.3 Å². The first-order valence-corrected chi connectivity index (χ1v) is 10.4. The second kappa shape index (κ2) is 8.16. The van der Waals surface area contributed by atoms with Crippen molar-refractivity contribution < 1.29 is 9.18 Å². The average molecular weight is 435 g/mol. The van der Waals surface area contributed by atoms with Gasteiger partial charge in [0.2, 0.25) is 5.91 Å². The van der Waals surface area contributed by atoms with Gasteiger partial charge < -0.3 is 10.3 Å². The molecule has 2 N–H and O–H groups in total. The molecule has 1 aromatic carbocycles. The second-order valence-electron chi connectivity index (χ2n) is 7.09. The summed E-state index contributed by atoms with van der Waals surface area (Å²) in [6.07, 6.45) is 2.33. The third-order valence-electron chi connectivity index (χ3n) is 5.16. The predicted molar refractivity (Wildman–Crippen MR) is 117 cm³/mol. The van der Waals surface area contributed by atoms with Crippen LogP contribution in [-0.2, 0) is 11.2 Å². The number of nitrogens with one attached hydrogen (secondary N) is 2.